The number of nitrogens with one attached hydrogen (secondary N) is 2. The lowest BCUT2D eigenvalue weighted by Crippen LogP contribution is -2.41. The monoisotopic (exact) mass is 298 g/mol. The molecule has 1 aliphatic heterocycles. The van der Waals surface area contributed by atoms with E-state index in [0.29, 0.717) is 19.8 Å². The van der Waals surface area contributed by atoms with Gasteiger partial charge in [-0.25, -0.2) is 14.0 Å². The van der Waals surface area contributed by atoms with E-state index in [2.05, 4.69) is 10.6 Å². The largest absolute Gasteiger partial charge is 0.478 e. The second-order valence-corrected chi connectivity index (χ2v) is 4.40. The van der Waals surface area contributed by atoms with E-state index in [0.717, 1.165) is 18.2 Å². The molecule has 1 aliphatic rings. The number of carbonyl (C=O) groups excluding carboxylic acids is 1. The third kappa shape index (κ3) is 4.40. The molecule has 0 aliphatic carbocycles. The number of rotatable bonds is 4. The molecular formula is C13H15FN2O5. The molecule has 0 bridgehead atoms. The van der Waals surface area contributed by atoms with E-state index in [9.17, 15) is 14.0 Å². The van der Waals surface area contributed by atoms with Crippen molar-refractivity contribution in [3.05, 3.63) is 29.6 Å². The summed E-state index contributed by atoms with van der Waals surface area (Å²) in [7, 11) is 0. The van der Waals surface area contributed by atoms with Crippen LogP contribution in [0.2, 0.25) is 0 Å². The standard InChI is InChI=1S/C13H15FN2O5/c14-8-1-2-10(12(17)18)11(5-8)16-13(19)15-6-9-7-20-3-4-21-9/h1-2,5,9H,3-4,6-7H2,(H,17,18)(H2,15,16,19). The van der Waals surface area contributed by atoms with Crippen molar-refractivity contribution < 1.29 is 28.6 Å². The van der Waals surface area contributed by atoms with Crippen molar-refractivity contribution in [3.63, 3.8) is 0 Å². The summed E-state index contributed by atoms with van der Waals surface area (Å²) < 4.78 is 23.6. The SMILES string of the molecule is O=C(NCC1COCCO1)Nc1cc(F)ccc1C(=O)O. The number of carbonyl (C=O) groups is 2. The molecule has 1 fully saturated rings. The second-order valence-electron chi connectivity index (χ2n) is 4.40. The Morgan fingerprint density at radius 2 is 2.19 bits per heavy atom. The number of halogens is 1. The van der Waals surface area contributed by atoms with E-state index in [-0.39, 0.29) is 23.9 Å². The van der Waals surface area contributed by atoms with Crippen molar-refractivity contribution >= 4 is 17.7 Å². The first kappa shape index (κ1) is 15.2. The number of carboxylic acid groups (broad SMARTS) is 1. The Labute approximate surface area is 120 Å². The average molecular weight is 298 g/mol. The second kappa shape index (κ2) is 7.00. The topological polar surface area (TPSA) is 96.9 Å². The van der Waals surface area contributed by atoms with Gasteiger partial charge < -0.3 is 25.2 Å². The summed E-state index contributed by atoms with van der Waals surface area (Å²) in [6.45, 7) is 1.57. The van der Waals surface area contributed by atoms with Crippen molar-refractivity contribution in [2.45, 2.75) is 6.10 Å². The molecule has 0 spiro atoms. The summed E-state index contributed by atoms with van der Waals surface area (Å²) in [5.41, 5.74) is -0.301. The van der Waals surface area contributed by atoms with Crippen molar-refractivity contribution in [3.8, 4) is 0 Å². The molecule has 2 amide bonds. The van der Waals surface area contributed by atoms with E-state index < -0.39 is 17.8 Å². The molecule has 0 radical (unpaired) electrons. The summed E-state index contributed by atoms with van der Waals surface area (Å²) in [6.07, 6.45) is -0.254. The van der Waals surface area contributed by atoms with Crippen LogP contribution in [-0.2, 0) is 9.47 Å². The summed E-state index contributed by atoms with van der Waals surface area (Å²) in [5, 5.41) is 13.8. The number of amides is 2. The van der Waals surface area contributed by atoms with Gasteiger partial charge >= 0.3 is 12.0 Å². The number of benzene rings is 1. The first-order chi connectivity index (χ1) is 10.1. The van der Waals surface area contributed by atoms with E-state index in [1.165, 1.54) is 0 Å². The van der Waals surface area contributed by atoms with Crippen LogP contribution in [0.4, 0.5) is 14.9 Å². The highest BCUT2D eigenvalue weighted by Gasteiger charge is 2.17. The van der Waals surface area contributed by atoms with Crippen molar-refractivity contribution in [1.29, 1.82) is 0 Å². The number of ether oxygens (including phenoxy) is 2. The Morgan fingerprint density at radius 3 is 2.86 bits per heavy atom. The zero-order chi connectivity index (χ0) is 15.2. The first-order valence-corrected chi connectivity index (χ1v) is 6.33. The van der Waals surface area contributed by atoms with Crippen molar-refractivity contribution in [2.75, 3.05) is 31.7 Å². The lowest BCUT2D eigenvalue weighted by atomic mass is 10.2. The smallest absolute Gasteiger partial charge is 0.337 e. The van der Waals surface area contributed by atoms with Crippen molar-refractivity contribution in [1.82, 2.24) is 5.32 Å². The highest BCUT2D eigenvalue weighted by atomic mass is 19.1. The van der Waals surface area contributed by atoms with Crippen molar-refractivity contribution in [2.24, 2.45) is 0 Å². The Balaban J connectivity index is 1.92. The minimum atomic E-state index is -1.26. The van der Waals surface area contributed by atoms with Gasteiger partial charge in [0.25, 0.3) is 0 Å². The summed E-state index contributed by atoms with van der Waals surface area (Å²) in [6, 6.07) is 2.41. The molecule has 1 atom stereocenters. The molecule has 1 aromatic rings. The molecule has 7 nitrogen and oxygen atoms in total. The van der Waals surface area contributed by atoms with E-state index in [1.807, 2.05) is 0 Å². The minimum Gasteiger partial charge on any atom is -0.478 e. The predicted molar refractivity (Wildman–Crippen MR) is 70.9 cm³/mol. The highest BCUT2D eigenvalue weighted by Crippen LogP contribution is 2.17. The molecular weight excluding hydrogens is 283 g/mol. The third-order valence-electron chi connectivity index (χ3n) is 2.84. The molecule has 114 valence electrons. The molecule has 8 heteroatoms. The maximum absolute atomic E-state index is 13.1. The fourth-order valence-corrected chi connectivity index (χ4v) is 1.83. The molecule has 1 unspecified atom stereocenters. The molecule has 0 saturated carbocycles. The van der Waals surface area contributed by atoms with Gasteiger partial charge in [0, 0.05) is 6.54 Å². The number of urea groups is 1. The average Bonchev–Trinajstić information content (AvgIpc) is 2.46. The van der Waals surface area contributed by atoms with Gasteiger partial charge in [0.15, 0.2) is 0 Å². The molecule has 3 N–H and O–H groups in total. The molecule has 2 rings (SSSR count). The van der Waals surface area contributed by atoms with Gasteiger partial charge in [-0.15, -0.1) is 0 Å². The number of anilines is 1. The fourth-order valence-electron chi connectivity index (χ4n) is 1.83. The quantitative estimate of drug-likeness (QED) is 0.772. The van der Waals surface area contributed by atoms with Crippen LogP contribution in [0.1, 0.15) is 10.4 Å². The Morgan fingerprint density at radius 1 is 1.38 bits per heavy atom. The Kier molecular flexibility index (Phi) is 5.07. The first-order valence-electron chi connectivity index (χ1n) is 6.33. The fraction of sp³-hybridized carbons (Fsp3) is 0.385. The van der Waals surface area contributed by atoms with Crippen LogP contribution in [-0.4, -0.2) is 49.6 Å². The molecule has 1 heterocycles. The summed E-state index contributed by atoms with van der Waals surface area (Å²) >= 11 is 0. The van der Waals surface area contributed by atoms with E-state index in [1.54, 1.807) is 0 Å². The van der Waals surface area contributed by atoms with Crippen LogP contribution in [0.25, 0.3) is 0 Å². The number of aromatic carboxylic acids is 1. The van der Waals surface area contributed by atoms with Crippen LogP contribution < -0.4 is 10.6 Å². The Bertz CT molecular complexity index is 531. The molecule has 1 aromatic carbocycles. The lowest BCUT2D eigenvalue weighted by Gasteiger charge is -2.23. The molecule has 0 aromatic heterocycles. The Hall–Kier alpha value is -2.19. The zero-order valence-corrected chi connectivity index (χ0v) is 11.1. The van der Waals surface area contributed by atoms with Crippen LogP contribution >= 0.6 is 0 Å². The zero-order valence-electron chi connectivity index (χ0n) is 11.1. The van der Waals surface area contributed by atoms with Gasteiger partial charge in [-0.05, 0) is 18.2 Å². The van der Waals surface area contributed by atoms with Crippen LogP contribution in [0, 0.1) is 5.82 Å². The van der Waals surface area contributed by atoms with Gasteiger partial charge in [-0.1, -0.05) is 0 Å². The predicted octanol–water partition coefficient (Wildman–Crippen LogP) is 1.06. The number of hydrogen-bond acceptors (Lipinski definition) is 4. The van der Waals surface area contributed by atoms with Gasteiger partial charge in [0.05, 0.1) is 37.2 Å². The maximum Gasteiger partial charge on any atom is 0.337 e. The van der Waals surface area contributed by atoms with Crippen LogP contribution in [0.3, 0.4) is 0 Å². The highest BCUT2D eigenvalue weighted by molar-refractivity contribution is 5.99. The maximum atomic E-state index is 13.1. The summed E-state index contributed by atoms with van der Waals surface area (Å²) in [4.78, 5) is 22.7. The third-order valence-corrected chi connectivity index (χ3v) is 2.84. The van der Waals surface area contributed by atoms with E-state index >= 15 is 0 Å². The van der Waals surface area contributed by atoms with Crippen LogP contribution in [0.5, 0.6) is 0 Å². The van der Waals surface area contributed by atoms with Gasteiger partial charge in [0.1, 0.15) is 5.82 Å². The van der Waals surface area contributed by atoms with Gasteiger partial charge in [-0.2, -0.15) is 0 Å². The normalized spacial score (nSPS) is 18.0. The molecule has 1 saturated heterocycles. The van der Waals surface area contributed by atoms with E-state index in [4.69, 9.17) is 14.6 Å². The number of carboxylic acids is 1. The van der Waals surface area contributed by atoms with Gasteiger partial charge in [-0.3, -0.25) is 0 Å². The number of hydrogen-bond donors (Lipinski definition) is 3. The summed E-state index contributed by atoms with van der Waals surface area (Å²) in [5.74, 6) is -1.89. The lowest BCUT2D eigenvalue weighted by molar-refractivity contribution is -0.0852. The molecule has 21 heavy (non-hydrogen) atoms. The van der Waals surface area contributed by atoms with Gasteiger partial charge in [0.2, 0.25) is 0 Å². The minimum absolute atomic E-state index is 0.110. The van der Waals surface area contributed by atoms with Crippen LogP contribution in [0.15, 0.2) is 18.2 Å².